The highest BCUT2D eigenvalue weighted by Crippen LogP contribution is 2.34. The standard InChI is InChI=1S/C25H33F2NO2.C9H12O2.C7H13F.C2H2/c1-14(2)7-15(3)13-28-23(12-24(29)30)21-10-19(11-22(27)18(21)6)25-16(4)8-20(26)9-17(25)5;1-4-5-6-9(7(2)10)8(3)11;1-2-3-6-4-7(8)5-6;1-2/h8-11,14-15,23,28H,7,12-13H2,1-6H3,(H,29,30);4-6H,1-3H3;6-7H,2-5H2,1H3;1-2H/b;5-4-;;/t15-,23?;;;/m0.../s1. The smallest absolute Gasteiger partial charge is 0.305 e. The van der Waals surface area contributed by atoms with E-state index in [0.717, 1.165) is 41.9 Å². The van der Waals surface area contributed by atoms with Crippen molar-refractivity contribution in [1.29, 1.82) is 0 Å². The summed E-state index contributed by atoms with van der Waals surface area (Å²) in [5.41, 5.74) is 4.17. The summed E-state index contributed by atoms with van der Waals surface area (Å²) in [6.07, 6.45) is 17.5. The number of ketones is 2. The van der Waals surface area contributed by atoms with Crippen LogP contribution in [0, 0.1) is 63.0 Å². The molecular weight excluding hydrogens is 651 g/mol. The summed E-state index contributed by atoms with van der Waals surface area (Å²) >= 11 is 0. The maximum atomic E-state index is 14.9. The second-order valence-corrected chi connectivity index (χ2v) is 13.8. The summed E-state index contributed by atoms with van der Waals surface area (Å²) in [5, 5.41) is 12.8. The lowest BCUT2D eigenvalue weighted by molar-refractivity contribution is -0.137. The fourth-order valence-corrected chi connectivity index (χ4v) is 6.24. The zero-order valence-electron chi connectivity index (χ0n) is 32.3. The molecule has 5 nitrogen and oxygen atoms in total. The summed E-state index contributed by atoms with van der Waals surface area (Å²) in [5.74, 6) is -0.378. The van der Waals surface area contributed by atoms with E-state index in [9.17, 15) is 32.7 Å². The molecular formula is C43H60F3NO4. The van der Waals surface area contributed by atoms with E-state index in [1.807, 2.05) is 13.0 Å². The minimum Gasteiger partial charge on any atom is -0.481 e. The minimum absolute atomic E-state index is 0.139. The Bertz CT molecular complexity index is 1460. The van der Waals surface area contributed by atoms with Gasteiger partial charge in [-0.1, -0.05) is 52.7 Å². The molecule has 0 aliphatic heterocycles. The molecule has 0 spiro atoms. The fraction of sp³-hybridized carbons (Fsp3) is 0.512. The number of hydrogen-bond acceptors (Lipinski definition) is 4. The molecule has 51 heavy (non-hydrogen) atoms. The average molecular weight is 712 g/mol. The number of aliphatic carboxylic acids is 1. The van der Waals surface area contributed by atoms with Crippen LogP contribution >= 0.6 is 0 Å². The van der Waals surface area contributed by atoms with Gasteiger partial charge in [0.05, 0.1) is 12.0 Å². The van der Waals surface area contributed by atoms with Gasteiger partial charge in [0.2, 0.25) is 0 Å². The van der Waals surface area contributed by atoms with Gasteiger partial charge in [-0.15, -0.1) is 12.8 Å². The van der Waals surface area contributed by atoms with E-state index in [4.69, 9.17) is 0 Å². The van der Waals surface area contributed by atoms with E-state index >= 15 is 0 Å². The Balaban J connectivity index is 0.000000966. The van der Waals surface area contributed by atoms with Gasteiger partial charge >= 0.3 is 5.97 Å². The molecule has 0 radical (unpaired) electrons. The predicted molar refractivity (Wildman–Crippen MR) is 204 cm³/mol. The highest BCUT2D eigenvalue weighted by atomic mass is 19.1. The second-order valence-electron chi connectivity index (χ2n) is 13.8. The van der Waals surface area contributed by atoms with Crippen LogP contribution in [-0.4, -0.2) is 35.4 Å². The average Bonchev–Trinajstić information content (AvgIpc) is 3.01. The Morgan fingerprint density at radius 3 is 1.96 bits per heavy atom. The quantitative estimate of drug-likeness (QED) is 0.0670. The Hall–Kier alpha value is -3.96. The van der Waals surface area contributed by atoms with Crippen molar-refractivity contribution in [2.24, 2.45) is 17.8 Å². The first-order chi connectivity index (χ1) is 23.9. The number of terminal acetylenes is 1. The highest BCUT2D eigenvalue weighted by molar-refractivity contribution is 6.18. The normalized spacial score (nSPS) is 15.8. The van der Waals surface area contributed by atoms with Crippen LogP contribution in [0.25, 0.3) is 11.1 Å². The number of allylic oxidation sites excluding steroid dienone is 4. The summed E-state index contributed by atoms with van der Waals surface area (Å²) in [6.45, 7) is 19.1. The number of rotatable bonds is 14. The van der Waals surface area contributed by atoms with Crippen LogP contribution in [0.15, 0.2) is 48.1 Å². The molecule has 2 atom stereocenters. The van der Waals surface area contributed by atoms with Crippen LogP contribution in [0.5, 0.6) is 0 Å². The van der Waals surface area contributed by atoms with Crippen LogP contribution in [-0.2, 0) is 14.4 Å². The van der Waals surface area contributed by atoms with E-state index in [0.29, 0.717) is 35.1 Å². The molecule has 1 aliphatic rings. The van der Waals surface area contributed by atoms with Gasteiger partial charge in [0.1, 0.15) is 17.8 Å². The Labute approximate surface area is 305 Å². The van der Waals surface area contributed by atoms with E-state index < -0.39 is 24.0 Å². The van der Waals surface area contributed by atoms with Gasteiger partial charge in [0.25, 0.3) is 0 Å². The van der Waals surface area contributed by atoms with Crippen molar-refractivity contribution in [3.8, 4) is 24.0 Å². The van der Waals surface area contributed by atoms with Gasteiger partial charge in [-0.05, 0) is 149 Å². The molecule has 2 aromatic carbocycles. The lowest BCUT2D eigenvalue weighted by atomic mass is 9.81. The predicted octanol–water partition coefficient (Wildman–Crippen LogP) is 10.8. The van der Waals surface area contributed by atoms with Crippen LogP contribution in [0.3, 0.4) is 0 Å². The molecule has 282 valence electrons. The lowest BCUT2D eigenvalue weighted by Gasteiger charge is -2.28. The number of alkyl halides is 1. The first kappa shape index (κ1) is 47.0. The number of carboxylic acid groups (broad SMARTS) is 1. The molecule has 2 aromatic rings. The van der Waals surface area contributed by atoms with E-state index in [1.54, 1.807) is 32.9 Å². The fourth-order valence-electron chi connectivity index (χ4n) is 6.24. The molecule has 8 heteroatoms. The van der Waals surface area contributed by atoms with Crippen LogP contribution < -0.4 is 5.32 Å². The van der Waals surface area contributed by atoms with Gasteiger partial charge in [-0.25, -0.2) is 13.2 Å². The molecule has 1 saturated carbocycles. The monoisotopic (exact) mass is 711 g/mol. The maximum Gasteiger partial charge on any atom is 0.305 e. The van der Waals surface area contributed by atoms with E-state index in [1.165, 1.54) is 51.0 Å². The van der Waals surface area contributed by atoms with Crippen LogP contribution in [0.2, 0.25) is 0 Å². The Kier molecular flexibility index (Phi) is 22.4. The zero-order valence-corrected chi connectivity index (χ0v) is 32.3. The number of benzene rings is 2. The molecule has 0 saturated heterocycles. The number of carboxylic acids is 1. The van der Waals surface area contributed by atoms with Crippen molar-refractivity contribution in [1.82, 2.24) is 5.32 Å². The first-order valence-electron chi connectivity index (χ1n) is 17.8. The van der Waals surface area contributed by atoms with Crippen molar-refractivity contribution < 1.29 is 32.7 Å². The van der Waals surface area contributed by atoms with Gasteiger partial charge in [0, 0.05) is 6.04 Å². The minimum atomic E-state index is -0.941. The van der Waals surface area contributed by atoms with Gasteiger partial charge in [-0.2, -0.15) is 0 Å². The number of carbonyl (C=O) groups excluding carboxylic acids is 2. The third-order valence-electron chi connectivity index (χ3n) is 8.60. The van der Waals surface area contributed by atoms with Gasteiger partial charge in [-0.3, -0.25) is 14.4 Å². The number of Topliss-reactive ketones (excluding diaryl/α,β-unsaturated/α-hetero) is 2. The molecule has 1 aliphatic carbocycles. The van der Waals surface area contributed by atoms with E-state index in [2.05, 4.69) is 45.9 Å². The van der Waals surface area contributed by atoms with Crippen molar-refractivity contribution in [2.45, 2.75) is 120 Å². The van der Waals surface area contributed by atoms with Gasteiger partial charge < -0.3 is 10.4 Å². The lowest BCUT2D eigenvalue weighted by Crippen LogP contribution is -2.29. The van der Waals surface area contributed by atoms with Crippen molar-refractivity contribution in [3.05, 3.63) is 82.0 Å². The van der Waals surface area contributed by atoms with E-state index in [-0.39, 0.29) is 29.4 Å². The highest BCUT2D eigenvalue weighted by Gasteiger charge is 2.27. The first-order valence-corrected chi connectivity index (χ1v) is 17.8. The SMILES string of the molecule is C#C.C/C=C\C=C(C(C)=O)C(C)=O.CCCC1CC(F)C1.Cc1cc(F)cc(C)c1-c1cc(F)c(C)c(C(CC(=O)O)NC[C@@H](C)CC(C)C)c1. The number of nitrogens with one attached hydrogen (secondary N) is 1. The van der Waals surface area contributed by atoms with Crippen molar-refractivity contribution >= 4 is 17.5 Å². The third-order valence-corrected chi connectivity index (χ3v) is 8.60. The topological polar surface area (TPSA) is 83.5 Å². The van der Waals surface area contributed by atoms with Crippen LogP contribution in [0.4, 0.5) is 13.2 Å². The number of hydrogen-bond donors (Lipinski definition) is 2. The number of aryl methyl sites for hydroxylation is 2. The second kappa shape index (κ2) is 24.3. The van der Waals surface area contributed by atoms with Gasteiger partial charge in [0.15, 0.2) is 11.6 Å². The molecule has 0 aromatic heterocycles. The van der Waals surface area contributed by atoms with Crippen molar-refractivity contribution in [2.75, 3.05) is 6.54 Å². The number of halogens is 3. The molecule has 0 amide bonds. The molecule has 3 rings (SSSR count). The third kappa shape index (κ3) is 17.2. The van der Waals surface area contributed by atoms with Crippen LogP contribution in [0.1, 0.15) is 115 Å². The largest absolute Gasteiger partial charge is 0.481 e. The summed E-state index contributed by atoms with van der Waals surface area (Å²) in [7, 11) is 0. The Morgan fingerprint density at radius 1 is 0.980 bits per heavy atom. The molecule has 1 fully saturated rings. The molecule has 2 N–H and O–H groups in total. The molecule has 0 bridgehead atoms. The zero-order chi connectivity index (χ0) is 39.4. The summed E-state index contributed by atoms with van der Waals surface area (Å²) < 4.78 is 40.7. The summed E-state index contributed by atoms with van der Waals surface area (Å²) in [4.78, 5) is 33.1. The molecule has 0 heterocycles. The Morgan fingerprint density at radius 2 is 1.53 bits per heavy atom. The number of carbonyl (C=O) groups is 3. The molecule has 1 unspecified atom stereocenters. The maximum absolute atomic E-state index is 14.9. The summed E-state index contributed by atoms with van der Waals surface area (Å²) in [6, 6.07) is 5.65. The van der Waals surface area contributed by atoms with Crippen molar-refractivity contribution in [3.63, 3.8) is 0 Å².